The van der Waals surface area contributed by atoms with E-state index < -0.39 is 0 Å². The second-order valence-corrected chi connectivity index (χ2v) is 6.56. The number of nitrogens with zero attached hydrogens (tertiary/aromatic N) is 1. The van der Waals surface area contributed by atoms with Gasteiger partial charge >= 0.3 is 0 Å². The minimum atomic E-state index is -0.322. The standard InChI is InChI=1S/C16H22N4O3S/c1-4-5-6-7-18-11(21)8-10-19-14(22)12-9(2)13(15(23)17-3)24-16(12)20-10/h4-8H2,1-3H3,(H,17,23)(H,18,21)(H,19,20,22). The van der Waals surface area contributed by atoms with Crippen molar-refractivity contribution in [2.45, 2.75) is 39.5 Å². The van der Waals surface area contributed by atoms with Gasteiger partial charge < -0.3 is 15.6 Å². The summed E-state index contributed by atoms with van der Waals surface area (Å²) in [5, 5.41) is 5.77. The van der Waals surface area contributed by atoms with Crippen molar-refractivity contribution in [3.63, 3.8) is 0 Å². The fourth-order valence-electron chi connectivity index (χ4n) is 2.42. The molecule has 3 N–H and O–H groups in total. The summed E-state index contributed by atoms with van der Waals surface area (Å²) < 4.78 is 0. The van der Waals surface area contributed by atoms with Crippen molar-refractivity contribution in [2.24, 2.45) is 0 Å². The zero-order valence-electron chi connectivity index (χ0n) is 14.1. The van der Waals surface area contributed by atoms with Gasteiger partial charge in [0.25, 0.3) is 11.5 Å². The van der Waals surface area contributed by atoms with Crippen molar-refractivity contribution in [3.05, 3.63) is 26.6 Å². The first-order chi connectivity index (χ1) is 11.5. The van der Waals surface area contributed by atoms with Crippen LogP contribution in [0.1, 0.15) is 47.2 Å². The van der Waals surface area contributed by atoms with Gasteiger partial charge in [-0.05, 0) is 18.9 Å². The van der Waals surface area contributed by atoms with Gasteiger partial charge in [0.1, 0.15) is 10.7 Å². The number of amides is 2. The number of carbonyl (C=O) groups is 2. The molecule has 2 heterocycles. The number of fused-ring (bicyclic) bond motifs is 1. The zero-order chi connectivity index (χ0) is 17.7. The number of aromatic nitrogens is 2. The average Bonchev–Trinajstić information content (AvgIpc) is 2.88. The highest BCUT2D eigenvalue weighted by Crippen LogP contribution is 2.26. The Morgan fingerprint density at radius 1 is 1.29 bits per heavy atom. The van der Waals surface area contributed by atoms with Crippen LogP contribution in [0.3, 0.4) is 0 Å². The minimum Gasteiger partial charge on any atom is -0.356 e. The number of carbonyl (C=O) groups excluding carboxylic acids is 2. The van der Waals surface area contributed by atoms with Gasteiger partial charge in [-0.1, -0.05) is 19.8 Å². The molecule has 0 aliphatic heterocycles. The van der Waals surface area contributed by atoms with Crippen molar-refractivity contribution in [1.29, 1.82) is 0 Å². The first-order valence-electron chi connectivity index (χ1n) is 7.99. The Morgan fingerprint density at radius 3 is 2.71 bits per heavy atom. The van der Waals surface area contributed by atoms with Crippen LogP contribution in [0.4, 0.5) is 0 Å². The molecule has 0 unspecified atom stereocenters. The molecule has 0 bridgehead atoms. The predicted molar refractivity (Wildman–Crippen MR) is 94.6 cm³/mol. The second-order valence-electron chi connectivity index (χ2n) is 5.56. The first-order valence-corrected chi connectivity index (χ1v) is 8.80. The lowest BCUT2D eigenvalue weighted by atomic mass is 10.2. The van der Waals surface area contributed by atoms with E-state index in [1.807, 2.05) is 0 Å². The summed E-state index contributed by atoms with van der Waals surface area (Å²) in [5.41, 5.74) is 0.288. The largest absolute Gasteiger partial charge is 0.356 e. The van der Waals surface area contributed by atoms with E-state index in [4.69, 9.17) is 0 Å². The van der Waals surface area contributed by atoms with Gasteiger partial charge in [0.2, 0.25) is 5.91 Å². The second kappa shape index (κ2) is 8.05. The predicted octanol–water partition coefficient (Wildman–Crippen LogP) is 1.50. The number of hydrogen-bond acceptors (Lipinski definition) is 5. The molecule has 130 valence electrons. The topological polar surface area (TPSA) is 104 Å². The van der Waals surface area contributed by atoms with E-state index in [0.29, 0.717) is 33.0 Å². The summed E-state index contributed by atoms with van der Waals surface area (Å²) in [5.74, 6) is -0.108. The molecular weight excluding hydrogens is 328 g/mol. The number of thiophene rings is 1. The lowest BCUT2D eigenvalue weighted by Gasteiger charge is -2.04. The molecule has 0 aliphatic rings. The SMILES string of the molecule is CCCCCNC(=O)Cc1nc2sc(C(=O)NC)c(C)c2c(=O)[nH]1. The number of aryl methyl sites for hydroxylation is 1. The number of H-pyrrole nitrogens is 1. The van der Waals surface area contributed by atoms with Crippen molar-refractivity contribution in [2.75, 3.05) is 13.6 Å². The number of aromatic amines is 1. The molecule has 2 amide bonds. The monoisotopic (exact) mass is 350 g/mol. The molecule has 0 spiro atoms. The maximum atomic E-state index is 12.3. The third kappa shape index (κ3) is 4.00. The molecule has 0 saturated heterocycles. The van der Waals surface area contributed by atoms with E-state index in [-0.39, 0.29) is 23.8 Å². The molecule has 0 aromatic carbocycles. The number of rotatable bonds is 7. The normalized spacial score (nSPS) is 10.8. The zero-order valence-corrected chi connectivity index (χ0v) is 14.9. The van der Waals surface area contributed by atoms with Crippen molar-refractivity contribution >= 4 is 33.4 Å². The molecule has 0 aliphatic carbocycles. The van der Waals surface area contributed by atoms with Crippen LogP contribution in [0.2, 0.25) is 0 Å². The molecule has 2 aromatic heterocycles. The molecule has 0 atom stereocenters. The Bertz CT molecular complexity index is 809. The molecule has 0 radical (unpaired) electrons. The molecule has 0 saturated carbocycles. The summed E-state index contributed by atoms with van der Waals surface area (Å²) in [4.78, 5) is 44.0. The summed E-state index contributed by atoms with van der Waals surface area (Å²) in [6.07, 6.45) is 3.11. The van der Waals surface area contributed by atoms with Crippen LogP contribution in [0.5, 0.6) is 0 Å². The van der Waals surface area contributed by atoms with E-state index in [1.165, 1.54) is 7.05 Å². The molecular formula is C16H22N4O3S. The number of nitrogens with one attached hydrogen (secondary N) is 3. The maximum absolute atomic E-state index is 12.3. The summed E-state index contributed by atoms with van der Waals surface area (Å²) in [7, 11) is 1.54. The maximum Gasteiger partial charge on any atom is 0.261 e. The summed E-state index contributed by atoms with van der Waals surface area (Å²) in [6, 6.07) is 0. The van der Waals surface area contributed by atoms with Gasteiger partial charge in [-0.25, -0.2) is 4.98 Å². The molecule has 7 nitrogen and oxygen atoms in total. The summed E-state index contributed by atoms with van der Waals surface area (Å²) >= 11 is 1.16. The van der Waals surface area contributed by atoms with Crippen LogP contribution in [0, 0.1) is 6.92 Å². The lowest BCUT2D eigenvalue weighted by Crippen LogP contribution is -2.27. The number of hydrogen-bond donors (Lipinski definition) is 3. The quantitative estimate of drug-likeness (QED) is 0.658. The molecule has 24 heavy (non-hydrogen) atoms. The minimum absolute atomic E-state index is 0.0174. The lowest BCUT2D eigenvalue weighted by molar-refractivity contribution is -0.120. The molecule has 2 aromatic rings. The fraction of sp³-hybridized carbons (Fsp3) is 0.500. The Labute approximate surface area is 143 Å². The summed E-state index contributed by atoms with van der Waals surface area (Å²) in [6.45, 7) is 4.44. The van der Waals surface area contributed by atoms with Crippen LogP contribution in [-0.4, -0.2) is 35.4 Å². The van der Waals surface area contributed by atoms with Crippen molar-refractivity contribution in [1.82, 2.24) is 20.6 Å². The average molecular weight is 350 g/mol. The van der Waals surface area contributed by atoms with E-state index in [1.54, 1.807) is 6.92 Å². The van der Waals surface area contributed by atoms with Crippen LogP contribution in [-0.2, 0) is 11.2 Å². The van der Waals surface area contributed by atoms with E-state index in [2.05, 4.69) is 27.5 Å². The molecule has 8 heteroatoms. The van der Waals surface area contributed by atoms with Gasteiger partial charge in [-0.2, -0.15) is 0 Å². The Balaban J connectivity index is 2.20. The number of unbranched alkanes of at least 4 members (excludes halogenated alkanes) is 2. The highest BCUT2D eigenvalue weighted by atomic mass is 32.1. The van der Waals surface area contributed by atoms with Gasteiger partial charge in [-0.15, -0.1) is 11.3 Å². The van der Waals surface area contributed by atoms with Crippen LogP contribution in [0.15, 0.2) is 4.79 Å². The van der Waals surface area contributed by atoms with Crippen molar-refractivity contribution in [3.8, 4) is 0 Å². The molecule has 2 rings (SSSR count). The van der Waals surface area contributed by atoms with Crippen LogP contribution < -0.4 is 16.2 Å². The first kappa shape index (κ1) is 18.1. The Hall–Kier alpha value is -2.22. The van der Waals surface area contributed by atoms with Gasteiger partial charge in [0.05, 0.1) is 16.7 Å². The Morgan fingerprint density at radius 2 is 2.04 bits per heavy atom. The fourth-order valence-corrected chi connectivity index (χ4v) is 3.57. The van der Waals surface area contributed by atoms with Crippen LogP contribution >= 0.6 is 11.3 Å². The van der Waals surface area contributed by atoms with Crippen molar-refractivity contribution < 1.29 is 9.59 Å². The van der Waals surface area contributed by atoms with Gasteiger partial charge in [0.15, 0.2) is 0 Å². The van der Waals surface area contributed by atoms with E-state index in [9.17, 15) is 14.4 Å². The van der Waals surface area contributed by atoms with E-state index in [0.717, 1.165) is 30.6 Å². The smallest absolute Gasteiger partial charge is 0.261 e. The van der Waals surface area contributed by atoms with Gasteiger partial charge in [-0.3, -0.25) is 14.4 Å². The van der Waals surface area contributed by atoms with E-state index >= 15 is 0 Å². The molecule has 0 fully saturated rings. The third-order valence-electron chi connectivity index (χ3n) is 3.71. The van der Waals surface area contributed by atoms with Crippen LogP contribution in [0.25, 0.3) is 10.2 Å². The highest BCUT2D eigenvalue weighted by molar-refractivity contribution is 7.20. The third-order valence-corrected chi connectivity index (χ3v) is 4.90. The highest BCUT2D eigenvalue weighted by Gasteiger charge is 2.19. The Kier molecular flexibility index (Phi) is 6.08. The van der Waals surface area contributed by atoms with Gasteiger partial charge in [0, 0.05) is 13.6 Å².